The fourth-order valence-corrected chi connectivity index (χ4v) is 3.33. The molecule has 31 heavy (non-hydrogen) atoms. The van der Waals surface area contributed by atoms with Crippen molar-refractivity contribution in [3.63, 3.8) is 0 Å². The average molecular weight is 456 g/mol. The van der Waals surface area contributed by atoms with E-state index in [2.05, 4.69) is 15.1 Å². The summed E-state index contributed by atoms with van der Waals surface area (Å²) < 4.78 is 39.1. The lowest BCUT2D eigenvalue weighted by molar-refractivity contribution is -0.123. The lowest BCUT2D eigenvalue weighted by Crippen LogP contribution is -2.33. The topological polar surface area (TPSA) is 95.3 Å². The Morgan fingerprint density at radius 3 is 2.68 bits per heavy atom. The van der Waals surface area contributed by atoms with Gasteiger partial charge in [0.15, 0.2) is 5.88 Å². The van der Waals surface area contributed by atoms with Crippen molar-refractivity contribution in [1.82, 2.24) is 20.1 Å². The van der Waals surface area contributed by atoms with Crippen LogP contribution < -0.4 is 5.32 Å². The van der Waals surface area contributed by atoms with Crippen LogP contribution in [0, 0.1) is 0 Å². The molecule has 0 fully saturated rings. The van der Waals surface area contributed by atoms with Crippen molar-refractivity contribution in [2.75, 3.05) is 6.54 Å². The molecular formula is C20H21ClF3N5O2. The Morgan fingerprint density at radius 2 is 2.10 bits per heavy atom. The molecule has 0 radical (unpaired) electrons. The van der Waals surface area contributed by atoms with Crippen LogP contribution in [0.5, 0.6) is 5.88 Å². The molecule has 3 N–H and O–H groups in total. The summed E-state index contributed by atoms with van der Waals surface area (Å²) in [5, 5.41) is 16.9. The third-order valence-corrected chi connectivity index (χ3v) is 4.88. The molecule has 1 amide bonds. The number of fused-ring (bicyclic) bond motifs is 1. The molecule has 2 aromatic heterocycles. The Hall–Kier alpha value is -3.01. The van der Waals surface area contributed by atoms with E-state index in [0.29, 0.717) is 34.3 Å². The van der Waals surface area contributed by atoms with Gasteiger partial charge in [0.1, 0.15) is 12.2 Å². The maximum absolute atomic E-state index is 12.5. The number of H-pyrrole nitrogens is 1. The van der Waals surface area contributed by atoms with Crippen molar-refractivity contribution in [2.45, 2.75) is 39.4 Å². The van der Waals surface area contributed by atoms with E-state index in [1.165, 1.54) is 12.1 Å². The van der Waals surface area contributed by atoms with Gasteiger partial charge in [-0.25, -0.2) is 4.99 Å². The number of nitrogens with one attached hydrogen (secondary N) is 2. The SMILES string of the molecule is CCC(=Nc1cnn(C(C)C)c1)c1c(O)[nH]c2cc(Cl)c(C(=O)NCC(F)(F)F)cc12. The number of aromatic amines is 1. The first-order chi connectivity index (χ1) is 14.5. The lowest BCUT2D eigenvalue weighted by Gasteiger charge is -2.10. The van der Waals surface area contributed by atoms with E-state index >= 15 is 0 Å². The summed E-state index contributed by atoms with van der Waals surface area (Å²) in [6.45, 7) is 4.31. The van der Waals surface area contributed by atoms with Crippen LogP contribution in [0.15, 0.2) is 29.5 Å². The van der Waals surface area contributed by atoms with Crippen LogP contribution in [0.4, 0.5) is 18.9 Å². The fraction of sp³-hybridized carbons (Fsp3) is 0.350. The van der Waals surface area contributed by atoms with E-state index in [9.17, 15) is 23.1 Å². The Labute approximate surface area is 180 Å². The van der Waals surface area contributed by atoms with Crippen molar-refractivity contribution < 1.29 is 23.1 Å². The number of aromatic hydroxyl groups is 1. The fourth-order valence-electron chi connectivity index (χ4n) is 3.08. The van der Waals surface area contributed by atoms with E-state index in [0.717, 1.165) is 0 Å². The molecule has 1 aromatic carbocycles. The first-order valence-corrected chi connectivity index (χ1v) is 9.89. The molecule has 7 nitrogen and oxygen atoms in total. The molecule has 2 heterocycles. The van der Waals surface area contributed by atoms with Gasteiger partial charge in [-0.05, 0) is 32.4 Å². The van der Waals surface area contributed by atoms with Gasteiger partial charge in [0.05, 0.1) is 39.8 Å². The van der Waals surface area contributed by atoms with Gasteiger partial charge in [-0.15, -0.1) is 0 Å². The molecule has 0 aliphatic rings. The number of nitrogens with zero attached hydrogens (tertiary/aromatic N) is 3. The Morgan fingerprint density at radius 1 is 1.39 bits per heavy atom. The highest BCUT2D eigenvalue weighted by molar-refractivity contribution is 6.35. The summed E-state index contributed by atoms with van der Waals surface area (Å²) in [5.41, 5.74) is 1.72. The number of aromatic nitrogens is 3. The minimum Gasteiger partial charge on any atom is -0.494 e. The first kappa shape index (κ1) is 22.7. The van der Waals surface area contributed by atoms with E-state index in [-0.39, 0.29) is 22.5 Å². The highest BCUT2D eigenvalue weighted by Gasteiger charge is 2.28. The number of carbonyl (C=O) groups is 1. The second-order valence-electron chi connectivity index (χ2n) is 7.21. The Bertz CT molecular complexity index is 1150. The van der Waals surface area contributed by atoms with E-state index in [1.807, 2.05) is 20.8 Å². The predicted octanol–water partition coefficient (Wildman–Crippen LogP) is 5.13. The number of benzene rings is 1. The third-order valence-electron chi connectivity index (χ3n) is 4.56. The number of carbonyl (C=O) groups excluding carboxylic acids is 1. The van der Waals surface area contributed by atoms with Gasteiger partial charge in [-0.1, -0.05) is 18.5 Å². The van der Waals surface area contributed by atoms with Crippen LogP contribution in [0.25, 0.3) is 10.9 Å². The highest BCUT2D eigenvalue weighted by Crippen LogP contribution is 2.33. The summed E-state index contributed by atoms with van der Waals surface area (Å²) in [4.78, 5) is 19.6. The number of halogens is 4. The van der Waals surface area contributed by atoms with Gasteiger partial charge in [-0.3, -0.25) is 9.48 Å². The molecule has 0 spiro atoms. The standard InChI is InChI=1S/C20H21ClF3N5O2/c1-4-15(27-11-7-26-29(8-11)10(2)3)17-13-5-12(18(30)25-9-20(22,23)24)14(21)6-16(13)28-19(17)31/h5-8,10,28,31H,4,9H2,1-3H3,(H,25,30). The van der Waals surface area contributed by atoms with Gasteiger partial charge in [0, 0.05) is 11.4 Å². The van der Waals surface area contributed by atoms with Crippen LogP contribution in [0.2, 0.25) is 5.02 Å². The molecular weight excluding hydrogens is 435 g/mol. The zero-order chi connectivity index (χ0) is 22.9. The smallest absolute Gasteiger partial charge is 0.405 e. The summed E-state index contributed by atoms with van der Waals surface area (Å²) >= 11 is 6.10. The zero-order valence-corrected chi connectivity index (χ0v) is 17.8. The lowest BCUT2D eigenvalue weighted by atomic mass is 10.0. The van der Waals surface area contributed by atoms with Crippen LogP contribution in [-0.4, -0.2) is 44.2 Å². The maximum Gasteiger partial charge on any atom is 0.405 e. The molecule has 0 saturated carbocycles. The molecule has 0 aliphatic carbocycles. The van der Waals surface area contributed by atoms with Crippen LogP contribution >= 0.6 is 11.6 Å². The molecule has 0 saturated heterocycles. The molecule has 3 rings (SSSR count). The van der Waals surface area contributed by atoms with Gasteiger partial charge in [-0.2, -0.15) is 18.3 Å². The van der Waals surface area contributed by atoms with Crippen molar-refractivity contribution in [3.05, 3.63) is 40.7 Å². The second-order valence-corrected chi connectivity index (χ2v) is 7.62. The van der Waals surface area contributed by atoms with Crippen molar-refractivity contribution in [2.24, 2.45) is 4.99 Å². The van der Waals surface area contributed by atoms with Crippen LogP contribution in [0.1, 0.15) is 49.2 Å². The Kier molecular flexibility index (Phi) is 6.30. The first-order valence-electron chi connectivity index (χ1n) is 9.51. The Balaban J connectivity index is 2.05. The highest BCUT2D eigenvalue weighted by atomic mass is 35.5. The van der Waals surface area contributed by atoms with E-state index in [4.69, 9.17) is 11.6 Å². The number of aliphatic imine (C=N–C) groups is 1. The number of hydrogen-bond donors (Lipinski definition) is 3. The zero-order valence-electron chi connectivity index (χ0n) is 17.0. The minimum atomic E-state index is -4.55. The normalized spacial score (nSPS) is 12.7. The quantitative estimate of drug-likeness (QED) is 0.450. The van der Waals surface area contributed by atoms with E-state index < -0.39 is 18.6 Å². The summed E-state index contributed by atoms with van der Waals surface area (Å²) in [5.74, 6) is -1.15. The molecule has 3 aromatic rings. The molecule has 0 atom stereocenters. The molecule has 0 aliphatic heterocycles. The number of amides is 1. The van der Waals surface area contributed by atoms with Crippen LogP contribution in [0.3, 0.4) is 0 Å². The largest absolute Gasteiger partial charge is 0.494 e. The number of rotatable bonds is 6. The monoisotopic (exact) mass is 455 g/mol. The van der Waals surface area contributed by atoms with Crippen molar-refractivity contribution >= 4 is 39.8 Å². The molecule has 0 bridgehead atoms. The van der Waals surface area contributed by atoms with Crippen LogP contribution in [-0.2, 0) is 0 Å². The average Bonchev–Trinajstić information content (AvgIpc) is 3.26. The number of hydrogen-bond acceptors (Lipinski definition) is 4. The third kappa shape index (κ3) is 5.01. The van der Waals surface area contributed by atoms with E-state index in [1.54, 1.807) is 22.4 Å². The van der Waals surface area contributed by atoms with Gasteiger partial charge >= 0.3 is 6.18 Å². The maximum atomic E-state index is 12.5. The summed E-state index contributed by atoms with van der Waals surface area (Å²) in [7, 11) is 0. The van der Waals surface area contributed by atoms with Crippen molar-refractivity contribution in [3.8, 4) is 5.88 Å². The molecule has 166 valence electrons. The minimum absolute atomic E-state index is 0.0480. The molecule has 0 unspecified atom stereocenters. The summed E-state index contributed by atoms with van der Waals surface area (Å²) in [6, 6.07) is 2.88. The second kappa shape index (κ2) is 8.62. The predicted molar refractivity (Wildman–Crippen MR) is 112 cm³/mol. The van der Waals surface area contributed by atoms with Gasteiger partial charge in [0.25, 0.3) is 5.91 Å². The van der Waals surface area contributed by atoms with Crippen molar-refractivity contribution in [1.29, 1.82) is 0 Å². The van der Waals surface area contributed by atoms with Gasteiger partial charge in [0.2, 0.25) is 0 Å². The number of alkyl halides is 3. The summed E-state index contributed by atoms with van der Waals surface area (Å²) in [6.07, 6.45) is -0.759. The van der Waals surface area contributed by atoms with Gasteiger partial charge < -0.3 is 15.4 Å². The molecule has 11 heteroatoms.